The van der Waals surface area contributed by atoms with E-state index in [0.29, 0.717) is 35.6 Å². The van der Waals surface area contributed by atoms with Gasteiger partial charge in [-0.2, -0.15) is 4.98 Å². The summed E-state index contributed by atoms with van der Waals surface area (Å²) in [6.07, 6.45) is 0. The summed E-state index contributed by atoms with van der Waals surface area (Å²) in [6.45, 7) is 3.30. The number of hydrogen-bond acceptors (Lipinski definition) is 6. The molecule has 3 rings (SSSR count). The van der Waals surface area contributed by atoms with Gasteiger partial charge in [-0.1, -0.05) is 16.8 Å². The first-order valence-electron chi connectivity index (χ1n) is 8.48. The molecule has 0 bridgehead atoms. The predicted octanol–water partition coefficient (Wildman–Crippen LogP) is 4.35. The average molecular weight is 388 g/mol. The van der Waals surface area contributed by atoms with E-state index in [1.165, 1.54) is 0 Å². The molecular formula is C20H22ClN3O3. The number of methoxy groups -OCH3 is 2. The summed E-state index contributed by atoms with van der Waals surface area (Å²) in [6, 6.07) is 11.3. The van der Waals surface area contributed by atoms with E-state index in [2.05, 4.69) is 22.0 Å². The Morgan fingerprint density at radius 3 is 2.37 bits per heavy atom. The molecule has 142 valence electrons. The second-order valence-corrected chi connectivity index (χ2v) is 6.76. The van der Waals surface area contributed by atoms with Crippen LogP contribution in [0.25, 0.3) is 11.4 Å². The molecular weight excluding hydrogens is 366 g/mol. The second-order valence-electron chi connectivity index (χ2n) is 6.32. The van der Waals surface area contributed by atoms with Crippen LogP contribution in [0.15, 0.2) is 40.9 Å². The summed E-state index contributed by atoms with van der Waals surface area (Å²) in [5.74, 6) is 2.55. The highest BCUT2D eigenvalue weighted by atomic mass is 35.5. The van der Waals surface area contributed by atoms with Crippen LogP contribution >= 0.6 is 11.6 Å². The van der Waals surface area contributed by atoms with Crippen LogP contribution in [0.4, 0.5) is 0 Å². The molecule has 7 heteroatoms. The fourth-order valence-corrected chi connectivity index (χ4v) is 2.93. The Hall–Kier alpha value is -2.57. The lowest BCUT2D eigenvalue weighted by atomic mass is 10.1. The minimum absolute atomic E-state index is 0.536. The summed E-state index contributed by atoms with van der Waals surface area (Å²) >= 11 is 5.92. The monoisotopic (exact) mass is 387 g/mol. The lowest BCUT2D eigenvalue weighted by molar-refractivity contribution is 0.260. The molecule has 0 spiro atoms. The third-order valence-electron chi connectivity index (χ3n) is 4.26. The van der Waals surface area contributed by atoms with Gasteiger partial charge in [0, 0.05) is 17.1 Å². The molecule has 0 atom stereocenters. The molecule has 0 aliphatic carbocycles. The number of aromatic nitrogens is 2. The van der Waals surface area contributed by atoms with Crippen molar-refractivity contribution in [1.82, 2.24) is 15.0 Å². The summed E-state index contributed by atoms with van der Waals surface area (Å²) in [4.78, 5) is 6.57. The standard InChI is InChI=1S/C20H22ClN3O3/c1-13-9-17(25-3)18(26-4)10-15(13)11-24(2)12-19-22-20(23-27-19)14-5-7-16(21)8-6-14/h5-10H,11-12H2,1-4H3. The lowest BCUT2D eigenvalue weighted by Crippen LogP contribution is -2.18. The van der Waals surface area contributed by atoms with Crippen LogP contribution in [0.2, 0.25) is 5.02 Å². The average Bonchev–Trinajstić information content (AvgIpc) is 3.11. The summed E-state index contributed by atoms with van der Waals surface area (Å²) in [7, 11) is 5.27. The molecule has 0 saturated heterocycles. The number of ether oxygens (including phenoxy) is 2. The van der Waals surface area contributed by atoms with Crippen LogP contribution in [-0.2, 0) is 13.1 Å². The summed E-state index contributed by atoms with van der Waals surface area (Å²) in [5, 5.41) is 4.73. The Labute approximate surface area is 163 Å². The van der Waals surface area contributed by atoms with Gasteiger partial charge in [0.15, 0.2) is 11.5 Å². The minimum Gasteiger partial charge on any atom is -0.493 e. The molecule has 0 radical (unpaired) electrons. The smallest absolute Gasteiger partial charge is 0.241 e. The fraction of sp³-hybridized carbons (Fsp3) is 0.300. The van der Waals surface area contributed by atoms with Gasteiger partial charge in [0.05, 0.1) is 20.8 Å². The third-order valence-corrected chi connectivity index (χ3v) is 4.51. The van der Waals surface area contributed by atoms with Crippen LogP contribution in [-0.4, -0.2) is 36.3 Å². The van der Waals surface area contributed by atoms with Crippen LogP contribution in [0.5, 0.6) is 11.5 Å². The van der Waals surface area contributed by atoms with Gasteiger partial charge in [-0.05, 0) is 61.5 Å². The molecule has 1 aromatic heterocycles. The van der Waals surface area contributed by atoms with E-state index >= 15 is 0 Å². The zero-order chi connectivity index (χ0) is 19.4. The Morgan fingerprint density at radius 2 is 1.70 bits per heavy atom. The molecule has 0 unspecified atom stereocenters. The number of hydrogen-bond donors (Lipinski definition) is 0. The maximum absolute atomic E-state index is 5.92. The van der Waals surface area contributed by atoms with E-state index < -0.39 is 0 Å². The van der Waals surface area contributed by atoms with E-state index in [9.17, 15) is 0 Å². The minimum atomic E-state index is 0.536. The Bertz CT molecular complexity index is 909. The van der Waals surface area contributed by atoms with E-state index in [4.69, 9.17) is 25.6 Å². The number of nitrogens with zero attached hydrogens (tertiary/aromatic N) is 3. The highest BCUT2D eigenvalue weighted by Gasteiger charge is 2.14. The molecule has 0 N–H and O–H groups in total. The first-order valence-corrected chi connectivity index (χ1v) is 8.86. The molecule has 6 nitrogen and oxygen atoms in total. The van der Waals surface area contributed by atoms with Crippen molar-refractivity contribution in [3.63, 3.8) is 0 Å². The molecule has 3 aromatic rings. The van der Waals surface area contributed by atoms with Crippen LogP contribution in [0, 0.1) is 6.92 Å². The largest absolute Gasteiger partial charge is 0.493 e. The van der Waals surface area contributed by atoms with Crippen molar-refractivity contribution in [2.24, 2.45) is 0 Å². The van der Waals surface area contributed by atoms with Crippen molar-refractivity contribution < 1.29 is 14.0 Å². The number of benzene rings is 2. The van der Waals surface area contributed by atoms with Crippen LogP contribution < -0.4 is 9.47 Å². The second kappa shape index (κ2) is 8.41. The van der Waals surface area contributed by atoms with Gasteiger partial charge in [0.1, 0.15) is 0 Å². The molecule has 0 aliphatic rings. The first-order chi connectivity index (χ1) is 13.0. The topological polar surface area (TPSA) is 60.6 Å². The van der Waals surface area contributed by atoms with E-state index in [-0.39, 0.29) is 0 Å². The Balaban J connectivity index is 1.69. The molecule has 2 aromatic carbocycles. The lowest BCUT2D eigenvalue weighted by Gasteiger charge is -2.18. The zero-order valence-corrected chi connectivity index (χ0v) is 16.6. The zero-order valence-electron chi connectivity index (χ0n) is 15.8. The SMILES string of the molecule is COc1cc(C)c(CN(C)Cc2nc(-c3ccc(Cl)cc3)no2)cc1OC. The maximum atomic E-state index is 5.92. The fourth-order valence-electron chi connectivity index (χ4n) is 2.81. The van der Waals surface area contributed by atoms with E-state index in [0.717, 1.165) is 22.4 Å². The highest BCUT2D eigenvalue weighted by Crippen LogP contribution is 2.31. The molecule has 1 heterocycles. The normalized spacial score (nSPS) is 11.0. The van der Waals surface area contributed by atoms with Gasteiger partial charge in [0.2, 0.25) is 11.7 Å². The number of aryl methyl sites for hydroxylation is 1. The van der Waals surface area contributed by atoms with Gasteiger partial charge in [-0.15, -0.1) is 0 Å². The molecule has 27 heavy (non-hydrogen) atoms. The first kappa shape index (κ1) is 19.2. The van der Waals surface area contributed by atoms with Crippen LogP contribution in [0.1, 0.15) is 17.0 Å². The van der Waals surface area contributed by atoms with Crippen molar-refractivity contribution in [1.29, 1.82) is 0 Å². The van der Waals surface area contributed by atoms with Gasteiger partial charge in [-0.3, -0.25) is 4.90 Å². The molecule has 0 saturated carbocycles. The Morgan fingerprint density at radius 1 is 1.04 bits per heavy atom. The van der Waals surface area contributed by atoms with Crippen molar-refractivity contribution >= 4 is 11.6 Å². The van der Waals surface area contributed by atoms with Crippen molar-refractivity contribution in [3.8, 4) is 22.9 Å². The Kier molecular flexibility index (Phi) is 5.98. The molecule has 0 fully saturated rings. The predicted molar refractivity (Wildman–Crippen MR) is 104 cm³/mol. The third kappa shape index (κ3) is 4.59. The van der Waals surface area contributed by atoms with Gasteiger partial charge >= 0.3 is 0 Å². The molecule has 0 amide bonds. The summed E-state index contributed by atoms with van der Waals surface area (Å²) in [5.41, 5.74) is 3.15. The maximum Gasteiger partial charge on any atom is 0.241 e. The van der Waals surface area contributed by atoms with Gasteiger partial charge < -0.3 is 14.0 Å². The van der Waals surface area contributed by atoms with Crippen LogP contribution in [0.3, 0.4) is 0 Å². The highest BCUT2D eigenvalue weighted by molar-refractivity contribution is 6.30. The van der Waals surface area contributed by atoms with E-state index in [1.807, 2.05) is 31.3 Å². The van der Waals surface area contributed by atoms with Gasteiger partial charge in [-0.25, -0.2) is 0 Å². The summed E-state index contributed by atoms with van der Waals surface area (Å²) < 4.78 is 16.1. The number of halogens is 1. The van der Waals surface area contributed by atoms with Crippen molar-refractivity contribution in [2.45, 2.75) is 20.0 Å². The quantitative estimate of drug-likeness (QED) is 0.600. The van der Waals surface area contributed by atoms with E-state index in [1.54, 1.807) is 26.4 Å². The molecule has 0 aliphatic heterocycles. The van der Waals surface area contributed by atoms with Crippen molar-refractivity contribution in [2.75, 3.05) is 21.3 Å². The van der Waals surface area contributed by atoms with Gasteiger partial charge in [0.25, 0.3) is 0 Å². The van der Waals surface area contributed by atoms with Crippen molar-refractivity contribution in [3.05, 3.63) is 58.4 Å². The number of rotatable bonds is 7.